The second kappa shape index (κ2) is 18.2. The quantitative estimate of drug-likeness (QED) is 0.0414. The Balaban J connectivity index is 1.30. The zero-order chi connectivity index (χ0) is 33.3. The van der Waals surface area contributed by atoms with Crippen LogP contribution in [0, 0.1) is 20.2 Å². The summed E-state index contributed by atoms with van der Waals surface area (Å²) in [5.41, 5.74) is -0.370. The van der Waals surface area contributed by atoms with Gasteiger partial charge in [-0.2, -0.15) is 0 Å². The molecule has 3 rings (SSSR count). The van der Waals surface area contributed by atoms with Crippen LogP contribution in [0.15, 0.2) is 72.8 Å². The number of methoxy groups -OCH3 is 1. The van der Waals surface area contributed by atoms with Gasteiger partial charge in [-0.3, -0.25) is 20.2 Å². The summed E-state index contributed by atoms with van der Waals surface area (Å²) in [6.07, 6.45) is 5.26. The van der Waals surface area contributed by atoms with Crippen LogP contribution in [0.3, 0.4) is 0 Å². The number of ether oxygens (including phenoxy) is 5. The molecule has 0 fully saturated rings. The molecule has 0 bridgehead atoms. The number of non-ortho nitro benzene ring substituents is 2. The SMILES string of the molecule is COCCOc1ccc(C(=O)Oc2ccc(/C=C/C(=O)OCCCCCCOC(=O)c3cc([N+](=O)[O-])cc([N+](=O)[O-])c3)cc2)cc1. The predicted molar refractivity (Wildman–Crippen MR) is 164 cm³/mol. The van der Waals surface area contributed by atoms with Crippen molar-refractivity contribution in [2.24, 2.45) is 0 Å². The summed E-state index contributed by atoms with van der Waals surface area (Å²) in [6.45, 7) is 1.07. The minimum atomic E-state index is -0.894. The maximum Gasteiger partial charge on any atom is 0.343 e. The molecule has 0 unspecified atom stereocenters. The van der Waals surface area contributed by atoms with Gasteiger partial charge in [0, 0.05) is 25.3 Å². The molecule has 0 aliphatic heterocycles. The van der Waals surface area contributed by atoms with Crippen LogP contribution in [-0.2, 0) is 19.0 Å². The fraction of sp³-hybridized carbons (Fsp3) is 0.281. The van der Waals surface area contributed by atoms with Gasteiger partial charge in [0.05, 0.1) is 46.9 Å². The van der Waals surface area contributed by atoms with Gasteiger partial charge in [0.25, 0.3) is 11.4 Å². The van der Waals surface area contributed by atoms with E-state index in [0.29, 0.717) is 61.5 Å². The molecule has 3 aromatic carbocycles. The molecule has 0 aliphatic rings. The Morgan fingerprint density at radius 3 is 1.85 bits per heavy atom. The first kappa shape index (κ1) is 34.9. The number of benzene rings is 3. The minimum Gasteiger partial charge on any atom is -0.491 e. The highest BCUT2D eigenvalue weighted by molar-refractivity contribution is 5.92. The van der Waals surface area contributed by atoms with Gasteiger partial charge < -0.3 is 23.7 Å². The van der Waals surface area contributed by atoms with Gasteiger partial charge >= 0.3 is 17.9 Å². The van der Waals surface area contributed by atoms with E-state index in [4.69, 9.17) is 23.7 Å². The molecular weight excluding hydrogens is 604 g/mol. The Kier molecular flexibility index (Phi) is 13.8. The summed E-state index contributed by atoms with van der Waals surface area (Å²) in [5.74, 6) is -0.988. The molecule has 46 heavy (non-hydrogen) atoms. The Morgan fingerprint density at radius 1 is 0.674 bits per heavy atom. The van der Waals surface area contributed by atoms with E-state index in [1.54, 1.807) is 61.7 Å². The first-order valence-corrected chi connectivity index (χ1v) is 14.2. The van der Waals surface area contributed by atoms with Gasteiger partial charge in [-0.25, -0.2) is 14.4 Å². The van der Waals surface area contributed by atoms with Crippen LogP contribution in [0.2, 0.25) is 0 Å². The monoisotopic (exact) mass is 636 g/mol. The summed E-state index contributed by atoms with van der Waals surface area (Å²) >= 11 is 0. The van der Waals surface area contributed by atoms with Gasteiger partial charge in [-0.05, 0) is 73.7 Å². The molecule has 14 nitrogen and oxygen atoms in total. The van der Waals surface area contributed by atoms with E-state index < -0.39 is 39.1 Å². The van der Waals surface area contributed by atoms with Crippen LogP contribution in [-0.4, -0.2) is 61.3 Å². The lowest BCUT2D eigenvalue weighted by molar-refractivity contribution is -0.394. The summed E-state index contributed by atoms with van der Waals surface area (Å²) in [4.78, 5) is 56.9. The van der Waals surface area contributed by atoms with Crippen molar-refractivity contribution in [3.05, 3.63) is 110 Å². The predicted octanol–water partition coefficient (Wildman–Crippen LogP) is 5.72. The number of hydrogen-bond donors (Lipinski definition) is 0. The summed E-state index contributed by atoms with van der Waals surface area (Å²) in [7, 11) is 1.58. The van der Waals surface area contributed by atoms with Crippen molar-refractivity contribution in [3.8, 4) is 11.5 Å². The molecule has 0 saturated heterocycles. The van der Waals surface area contributed by atoms with Crippen molar-refractivity contribution in [3.63, 3.8) is 0 Å². The summed E-state index contributed by atoms with van der Waals surface area (Å²) in [5, 5.41) is 21.9. The number of carbonyl (C=O) groups excluding carboxylic acids is 3. The fourth-order valence-electron chi connectivity index (χ4n) is 3.86. The molecule has 0 aromatic heterocycles. The third-order valence-electron chi connectivity index (χ3n) is 6.22. The highest BCUT2D eigenvalue weighted by atomic mass is 16.6. The van der Waals surface area contributed by atoms with Crippen molar-refractivity contribution in [1.82, 2.24) is 0 Å². The summed E-state index contributed by atoms with van der Waals surface area (Å²) < 4.78 is 26.0. The molecule has 3 aromatic rings. The highest BCUT2D eigenvalue weighted by Crippen LogP contribution is 2.23. The van der Waals surface area contributed by atoms with Crippen LogP contribution < -0.4 is 9.47 Å². The van der Waals surface area contributed by atoms with E-state index in [-0.39, 0.29) is 18.8 Å². The van der Waals surface area contributed by atoms with E-state index in [2.05, 4.69) is 0 Å². The first-order valence-electron chi connectivity index (χ1n) is 14.2. The van der Waals surface area contributed by atoms with E-state index in [1.165, 1.54) is 6.08 Å². The Hall–Kier alpha value is -5.63. The lowest BCUT2D eigenvalue weighted by Crippen LogP contribution is -2.09. The van der Waals surface area contributed by atoms with E-state index in [1.807, 2.05) is 0 Å². The number of rotatable bonds is 18. The van der Waals surface area contributed by atoms with E-state index in [9.17, 15) is 34.6 Å². The lowest BCUT2D eigenvalue weighted by Gasteiger charge is -2.07. The minimum absolute atomic E-state index is 0.0219. The average Bonchev–Trinajstić information content (AvgIpc) is 3.05. The molecule has 0 spiro atoms. The lowest BCUT2D eigenvalue weighted by atomic mass is 10.1. The third kappa shape index (κ3) is 11.8. The number of esters is 3. The Morgan fingerprint density at radius 2 is 1.26 bits per heavy atom. The normalized spacial score (nSPS) is 10.7. The number of carbonyl (C=O) groups is 3. The standard InChI is InChI=1S/C32H32N2O12/c1-42-18-19-43-28-13-9-24(10-14-28)32(37)46-29-11-6-23(7-12-29)8-15-30(35)44-16-4-2-3-5-17-45-31(36)25-20-26(33(38)39)22-27(21-25)34(40)41/h6-15,20-22H,2-5,16-19H2,1H3/b15-8+. The van der Waals surface area contributed by atoms with Crippen molar-refractivity contribution >= 4 is 35.4 Å². The second-order valence-electron chi connectivity index (χ2n) is 9.63. The molecule has 0 saturated carbocycles. The smallest absolute Gasteiger partial charge is 0.343 e. The topological polar surface area (TPSA) is 184 Å². The van der Waals surface area contributed by atoms with Gasteiger partial charge in [-0.15, -0.1) is 0 Å². The van der Waals surface area contributed by atoms with Crippen LogP contribution in [0.25, 0.3) is 6.08 Å². The largest absolute Gasteiger partial charge is 0.491 e. The second-order valence-corrected chi connectivity index (χ2v) is 9.63. The summed E-state index contributed by atoms with van der Waals surface area (Å²) in [6, 6.07) is 15.8. The molecule has 242 valence electrons. The number of nitro groups is 2. The number of nitrogens with zero attached hydrogens (tertiary/aromatic N) is 2. The van der Waals surface area contributed by atoms with Gasteiger partial charge in [-0.1, -0.05) is 12.1 Å². The van der Waals surface area contributed by atoms with Crippen LogP contribution in [0.4, 0.5) is 11.4 Å². The number of unbranched alkanes of at least 4 members (excludes halogenated alkanes) is 3. The third-order valence-corrected chi connectivity index (χ3v) is 6.22. The number of nitro benzene ring substituents is 2. The van der Waals surface area contributed by atoms with Crippen molar-refractivity contribution in [2.45, 2.75) is 25.7 Å². The number of hydrogen-bond acceptors (Lipinski definition) is 12. The van der Waals surface area contributed by atoms with Crippen molar-refractivity contribution < 1.29 is 47.9 Å². The Labute approximate surface area is 263 Å². The zero-order valence-electron chi connectivity index (χ0n) is 25.0. The molecule has 0 radical (unpaired) electrons. The van der Waals surface area contributed by atoms with Crippen LogP contribution in [0.5, 0.6) is 11.5 Å². The Bertz CT molecular complexity index is 1500. The molecule has 0 aliphatic carbocycles. The zero-order valence-corrected chi connectivity index (χ0v) is 25.0. The first-order chi connectivity index (χ1) is 22.2. The maximum absolute atomic E-state index is 12.4. The molecule has 0 amide bonds. The van der Waals surface area contributed by atoms with Gasteiger partial charge in [0.1, 0.15) is 18.1 Å². The van der Waals surface area contributed by atoms with E-state index >= 15 is 0 Å². The molecular formula is C32H32N2O12. The van der Waals surface area contributed by atoms with Crippen LogP contribution >= 0.6 is 0 Å². The van der Waals surface area contributed by atoms with Crippen molar-refractivity contribution in [1.29, 1.82) is 0 Å². The van der Waals surface area contributed by atoms with Crippen LogP contribution in [0.1, 0.15) is 52.0 Å². The fourth-order valence-corrected chi connectivity index (χ4v) is 3.86. The maximum atomic E-state index is 12.4. The van der Waals surface area contributed by atoms with Gasteiger partial charge in [0.15, 0.2) is 0 Å². The van der Waals surface area contributed by atoms with Gasteiger partial charge in [0.2, 0.25) is 0 Å². The molecule has 0 atom stereocenters. The molecule has 0 N–H and O–H groups in total. The molecule has 0 heterocycles. The highest BCUT2D eigenvalue weighted by Gasteiger charge is 2.20. The molecule has 14 heteroatoms. The van der Waals surface area contributed by atoms with Crippen molar-refractivity contribution in [2.75, 3.05) is 33.5 Å². The van der Waals surface area contributed by atoms with E-state index in [0.717, 1.165) is 18.2 Å². The average molecular weight is 637 g/mol.